The van der Waals surface area contributed by atoms with Crippen LogP contribution in [0.25, 0.3) is 0 Å². The first-order valence-corrected chi connectivity index (χ1v) is 15.2. The van der Waals surface area contributed by atoms with Gasteiger partial charge in [-0.25, -0.2) is 9.18 Å². The molecule has 1 aromatic heterocycles. The number of aromatic nitrogens is 1. The number of benzene rings is 3. The fourth-order valence-corrected chi connectivity index (χ4v) is 7.34. The van der Waals surface area contributed by atoms with E-state index < -0.39 is 23.2 Å². The highest BCUT2D eigenvalue weighted by atomic mass is 19.1. The summed E-state index contributed by atoms with van der Waals surface area (Å²) >= 11 is 0. The van der Waals surface area contributed by atoms with E-state index in [1.54, 1.807) is 61.5 Å². The number of carbonyl (C=O) groups is 3. The fourth-order valence-electron chi connectivity index (χ4n) is 7.34. The van der Waals surface area contributed by atoms with E-state index in [0.29, 0.717) is 36.2 Å². The molecule has 6 rings (SSSR count). The van der Waals surface area contributed by atoms with E-state index in [1.165, 1.54) is 36.3 Å². The minimum atomic E-state index is -1.47. The van der Waals surface area contributed by atoms with Crippen LogP contribution in [-0.4, -0.2) is 75.7 Å². The molecule has 238 valence electrons. The molecular weight excluding hydrogens is 589 g/mol. The number of halogens is 1. The first kappa shape index (κ1) is 30.9. The number of fused-ring (bicyclic) bond motifs is 3. The maximum atomic E-state index is 14.2. The molecule has 0 unspecified atom stereocenters. The summed E-state index contributed by atoms with van der Waals surface area (Å²) in [7, 11) is 4.66. The van der Waals surface area contributed by atoms with Crippen molar-refractivity contribution in [2.45, 2.75) is 37.3 Å². The summed E-state index contributed by atoms with van der Waals surface area (Å²) in [6.07, 6.45) is 1.07. The minimum Gasteiger partial charge on any atom is -0.504 e. The van der Waals surface area contributed by atoms with Gasteiger partial charge in [0.15, 0.2) is 17.0 Å². The van der Waals surface area contributed by atoms with Crippen LogP contribution in [0.2, 0.25) is 0 Å². The number of amides is 2. The molecule has 2 N–H and O–H groups in total. The van der Waals surface area contributed by atoms with Crippen molar-refractivity contribution in [3.8, 4) is 11.5 Å². The third kappa shape index (κ3) is 5.17. The van der Waals surface area contributed by atoms with Gasteiger partial charge in [-0.2, -0.15) is 0 Å². The normalized spacial score (nSPS) is 19.9. The highest BCUT2D eigenvalue weighted by molar-refractivity contribution is 6.00. The van der Waals surface area contributed by atoms with Crippen molar-refractivity contribution in [3.63, 3.8) is 0 Å². The summed E-state index contributed by atoms with van der Waals surface area (Å²) in [5.41, 5.74) is 2.57. The maximum absolute atomic E-state index is 14.2. The number of aromatic hydroxyl groups is 2. The Kier molecular flexibility index (Phi) is 8.06. The Bertz CT molecular complexity index is 1800. The number of carbonyl (C=O) groups excluding carboxylic acids is 3. The molecule has 10 heteroatoms. The average molecular weight is 626 g/mol. The van der Waals surface area contributed by atoms with Gasteiger partial charge in [-0.3, -0.25) is 9.59 Å². The average Bonchev–Trinajstić information content (AvgIpc) is 3.69. The Balaban J connectivity index is 1.49. The van der Waals surface area contributed by atoms with E-state index >= 15 is 0 Å². The summed E-state index contributed by atoms with van der Waals surface area (Å²) in [6, 6.07) is 21.2. The van der Waals surface area contributed by atoms with E-state index in [2.05, 4.69) is 0 Å². The van der Waals surface area contributed by atoms with Crippen LogP contribution in [-0.2, 0) is 35.3 Å². The number of likely N-dealkylation sites (tertiary alicyclic amines) is 1. The first-order valence-electron chi connectivity index (χ1n) is 15.2. The summed E-state index contributed by atoms with van der Waals surface area (Å²) in [6.45, 7) is 0.690. The number of methoxy groups -OCH3 is 1. The van der Waals surface area contributed by atoms with E-state index in [-0.39, 0.29) is 42.2 Å². The summed E-state index contributed by atoms with van der Waals surface area (Å²) < 4.78 is 21.4. The molecule has 2 amide bonds. The number of esters is 1. The number of rotatable bonds is 8. The van der Waals surface area contributed by atoms with Crippen LogP contribution in [0.4, 0.5) is 4.39 Å². The molecule has 0 bridgehead atoms. The van der Waals surface area contributed by atoms with E-state index in [9.17, 15) is 29.0 Å². The molecule has 0 saturated carbocycles. The highest BCUT2D eigenvalue weighted by Gasteiger charge is 2.64. The largest absolute Gasteiger partial charge is 0.504 e. The quantitative estimate of drug-likeness (QED) is 0.220. The number of hydrogen-bond acceptors (Lipinski definition) is 6. The minimum absolute atomic E-state index is 0.0913. The van der Waals surface area contributed by atoms with Crippen molar-refractivity contribution in [3.05, 3.63) is 118 Å². The molecule has 1 aliphatic carbocycles. The van der Waals surface area contributed by atoms with Gasteiger partial charge in [-0.1, -0.05) is 36.4 Å². The predicted octanol–water partition coefficient (Wildman–Crippen LogP) is 4.55. The van der Waals surface area contributed by atoms with Gasteiger partial charge in [0.2, 0.25) is 0 Å². The van der Waals surface area contributed by atoms with E-state index in [0.717, 1.165) is 16.8 Å². The van der Waals surface area contributed by atoms with Crippen LogP contribution in [0.3, 0.4) is 0 Å². The van der Waals surface area contributed by atoms with Crippen LogP contribution in [0.15, 0.2) is 78.9 Å². The van der Waals surface area contributed by atoms with Gasteiger partial charge in [0.1, 0.15) is 11.5 Å². The number of aryl methyl sites for hydroxylation is 1. The molecule has 1 fully saturated rings. The smallest absolute Gasteiger partial charge is 0.332 e. The lowest BCUT2D eigenvalue weighted by Crippen LogP contribution is -2.58. The Hall–Kier alpha value is -5.12. The van der Waals surface area contributed by atoms with Crippen molar-refractivity contribution >= 4 is 17.8 Å². The predicted molar refractivity (Wildman–Crippen MR) is 168 cm³/mol. The second kappa shape index (κ2) is 12.0. The fraction of sp³-hybridized carbons (Fsp3) is 0.306. The number of hydrogen-bond donors (Lipinski definition) is 2. The zero-order valence-corrected chi connectivity index (χ0v) is 25.9. The van der Waals surface area contributed by atoms with Crippen LogP contribution >= 0.6 is 0 Å². The summed E-state index contributed by atoms with van der Waals surface area (Å²) in [5, 5.41) is 19.8. The zero-order valence-electron chi connectivity index (χ0n) is 25.9. The topological polar surface area (TPSA) is 112 Å². The number of phenols is 2. The van der Waals surface area contributed by atoms with Crippen LogP contribution in [0.1, 0.15) is 49.1 Å². The Morgan fingerprint density at radius 3 is 2.30 bits per heavy atom. The molecule has 9 nitrogen and oxygen atoms in total. The third-order valence-electron chi connectivity index (χ3n) is 9.40. The molecule has 0 spiro atoms. The van der Waals surface area contributed by atoms with Crippen LogP contribution < -0.4 is 0 Å². The maximum Gasteiger partial charge on any atom is 0.332 e. The molecule has 3 atom stereocenters. The van der Waals surface area contributed by atoms with Gasteiger partial charge in [0.25, 0.3) is 11.8 Å². The van der Waals surface area contributed by atoms with Crippen molar-refractivity contribution in [1.29, 1.82) is 0 Å². The van der Waals surface area contributed by atoms with Gasteiger partial charge >= 0.3 is 5.97 Å². The molecule has 1 saturated heterocycles. The highest BCUT2D eigenvalue weighted by Crippen LogP contribution is 2.55. The molecule has 46 heavy (non-hydrogen) atoms. The van der Waals surface area contributed by atoms with Crippen LogP contribution in [0, 0.1) is 11.7 Å². The zero-order chi connectivity index (χ0) is 32.7. The third-order valence-corrected chi connectivity index (χ3v) is 9.40. The Labute approximate surface area is 266 Å². The second-order valence-corrected chi connectivity index (χ2v) is 12.3. The van der Waals surface area contributed by atoms with Gasteiger partial charge in [0.05, 0.1) is 7.11 Å². The molecule has 2 heterocycles. The van der Waals surface area contributed by atoms with Crippen molar-refractivity contribution in [2.24, 2.45) is 5.92 Å². The monoisotopic (exact) mass is 625 g/mol. The lowest BCUT2D eigenvalue weighted by Gasteiger charge is -2.40. The molecule has 4 aromatic rings. The van der Waals surface area contributed by atoms with Gasteiger partial charge in [-0.05, 0) is 77.9 Å². The lowest BCUT2D eigenvalue weighted by molar-refractivity contribution is -0.153. The molecular formula is C36H36FN3O6. The summed E-state index contributed by atoms with van der Waals surface area (Å²) in [5.74, 6) is -2.58. The molecule has 2 aliphatic rings. The first-order chi connectivity index (χ1) is 22.0. The Morgan fingerprint density at radius 1 is 0.957 bits per heavy atom. The lowest BCUT2D eigenvalue weighted by atomic mass is 9.75. The number of ether oxygens (including phenoxy) is 1. The Morgan fingerprint density at radius 2 is 1.65 bits per heavy atom. The molecule has 1 aliphatic heterocycles. The number of nitrogens with zero attached hydrogens (tertiary/aromatic N) is 3. The van der Waals surface area contributed by atoms with Crippen molar-refractivity contribution < 1.29 is 33.7 Å². The van der Waals surface area contributed by atoms with Gasteiger partial charge in [0, 0.05) is 50.8 Å². The van der Waals surface area contributed by atoms with Gasteiger partial charge < -0.3 is 29.3 Å². The second-order valence-electron chi connectivity index (χ2n) is 12.3. The van der Waals surface area contributed by atoms with Gasteiger partial charge in [-0.15, -0.1) is 0 Å². The van der Waals surface area contributed by atoms with Crippen molar-refractivity contribution in [2.75, 3.05) is 27.7 Å². The SMILES string of the molecule is COC(=O)[C@@]1(Cc2ccc(F)cc2)[C@H]2c3cc(C(=O)N(C)C)n(CCc4ccc(O)c(O)c4)c3C[C@H]2CN1C(=O)c1ccccc1. The van der Waals surface area contributed by atoms with Crippen molar-refractivity contribution in [1.82, 2.24) is 14.4 Å². The van der Waals surface area contributed by atoms with E-state index in [4.69, 9.17) is 4.74 Å². The van der Waals surface area contributed by atoms with E-state index in [1.807, 2.05) is 16.7 Å². The number of phenolic OH excluding ortho intramolecular Hbond substituents is 2. The molecule has 0 radical (unpaired) electrons. The van der Waals surface area contributed by atoms with Crippen LogP contribution in [0.5, 0.6) is 11.5 Å². The molecule has 3 aromatic carbocycles. The standard InChI is InChI=1S/C36H36FN3O6/c1-38(2)34(44)29-19-27-28(39(29)16-15-22-11-14-30(41)31(42)17-22)18-25-21-40(33(43)24-7-5-4-6-8-24)36(32(25)27,35(45)46-3)20-23-9-12-26(37)13-10-23/h4-14,17,19,25,32,41-42H,15-16,18,20-21H2,1-3H3/t25-,32+,36+/m0/s1. The summed E-state index contributed by atoms with van der Waals surface area (Å²) in [4.78, 5) is 45.1.